The average molecular weight is 478 g/mol. The van der Waals surface area contributed by atoms with E-state index in [1.807, 2.05) is 19.1 Å². The molecule has 1 fully saturated rings. The first-order valence-electron chi connectivity index (χ1n) is 11.7. The first kappa shape index (κ1) is 24.1. The minimum absolute atomic E-state index is 0.108. The third-order valence-corrected chi connectivity index (χ3v) is 6.94. The number of ether oxygens (including phenoxy) is 1. The van der Waals surface area contributed by atoms with Crippen LogP contribution in [0.4, 0.5) is 5.00 Å². The highest BCUT2D eigenvalue weighted by atomic mass is 32.1. The zero-order chi connectivity index (χ0) is 23.9. The van der Waals surface area contributed by atoms with Crippen molar-refractivity contribution in [1.29, 1.82) is 0 Å². The van der Waals surface area contributed by atoms with Gasteiger partial charge in [0.05, 0.1) is 24.8 Å². The lowest BCUT2D eigenvalue weighted by molar-refractivity contribution is -0.117. The summed E-state index contributed by atoms with van der Waals surface area (Å²) in [6.07, 6.45) is 0. The van der Waals surface area contributed by atoms with Crippen molar-refractivity contribution in [2.75, 3.05) is 44.6 Å². The zero-order valence-electron chi connectivity index (χ0n) is 19.7. The Labute approximate surface area is 205 Å². The van der Waals surface area contributed by atoms with Crippen LogP contribution in [0.15, 0.2) is 66.7 Å². The first-order valence-corrected chi connectivity index (χ1v) is 12.5. The van der Waals surface area contributed by atoms with Crippen LogP contribution in [0.2, 0.25) is 0 Å². The van der Waals surface area contributed by atoms with Crippen LogP contribution in [0.3, 0.4) is 0 Å². The second-order valence-electron chi connectivity index (χ2n) is 8.40. The molecule has 0 radical (unpaired) electrons. The van der Waals surface area contributed by atoms with E-state index in [0.717, 1.165) is 31.1 Å². The summed E-state index contributed by atoms with van der Waals surface area (Å²) in [4.78, 5) is 30.6. The van der Waals surface area contributed by atoms with E-state index in [4.69, 9.17) is 4.74 Å². The number of rotatable bonds is 8. The van der Waals surface area contributed by atoms with Crippen molar-refractivity contribution in [1.82, 2.24) is 9.80 Å². The summed E-state index contributed by atoms with van der Waals surface area (Å²) in [6.45, 7) is 7.64. The molecule has 1 saturated heterocycles. The van der Waals surface area contributed by atoms with E-state index in [1.165, 1.54) is 22.5 Å². The molecule has 0 aliphatic carbocycles. The molecule has 1 amide bonds. The van der Waals surface area contributed by atoms with Crippen LogP contribution < -0.4 is 5.32 Å². The van der Waals surface area contributed by atoms with E-state index in [9.17, 15) is 9.59 Å². The molecule has 7 heteroatoms. The van der Waals surface area contributed by atoms with E-state index in [-0.39, 0.29) is 11.9 Å². The first-order chi connectivity index (χ1) is 16.5. The van der Waals surface area contributed by atoms with Crippen LogP contribution >= 0.6 is 11.3 Å². The molecule has 178 valence electrons. The highest BCUT2D eigenvalue weighted by molar-refractivity contribution is 7.16. The van der Waals surface area contributed by atoms with Gasteiger partial charge in [0.2, 0.25) is 5.91 Å². The predicted octanol–water partition coefficient (Wildman–Crippen LogP) is 4.58. The quantitative estimate of drug-likeness (QED) is 0.481. The number of benzene rings is 2. The molecule has 1 aliphatic rings. The number of carbonyl (C=O) groups is 2. The van der Waals surface area contributed by atoms with Gasteiger partial charge in [-0.15, -0.1) is 11.3 Å². The Kier molecular flexibility index (Phi) is 8.11. The molecule has 0 bridgehead atoms. The second kappa shape index (κ2) is 11.4. The maximum atomic E-state index is 12.8. The fourth-order valence-corrected chi connectivity index (χ4v) is 5.32. The Bertz CT molecular complexity index is 1050. The number of hydrogen-bond donors (Lipinski definition) is 1. The Hall–Kier alpha value is -3.00. The SMILES string of the molecule is CCOC(=O)c1cc(C)sc1NC(=O)CN1CCN(C(c2ccccc2)c2ccccc2)CC1. The third-order valence-electron chi connectivity index (χ3n) is 5.97. The minimum atomic E-state index is -0.399. The Morgan fingerprint density at radius 1 is 0.971 bits per heavy atom. The van der Waals surface area contributed by atoms with Crippen LogP contribution in [-0.2, 0) is 9.53 Å². The largest absolute Gasteiger partial charge is 0.462 e. The lowest BCUT2D eigenvalue weighted by atomic mass is 9.96. The van der Waals surface area contributed by atoms with E-state index in [1.54, 1.807) is 13.0 Å². The van der Waals surface area contributed by atoms with Crippen molar-refractivity contribution in [2.24, 2.45) is 0 Å². The van der Waals surface area contributed by atoms with E-state index in [2.05, 4.69) is 63.6 Å². The van der Waals surface area contributed by atoms with Gasteiger partial charge in [0.15, 0.2) is 0 Å². The van der Waals surface area contributed by atoms with Crippen molar-refractivity contribution in [3.63, 3.8) is 0 Å². The molecular formula is C27H31N3O3S. The molecule has 6 nitrogen and oxygen atoms in total. The molecule has 0 atom stereocenters. The number of nitrogens with one attached hydrogen (secondary N) is 1. The summed E-state index contributed by atoms with van der Waals surface area (Å²) in [6, 6.07) is 23.1. The predicted molar refractivity (Wildman–Crippen MR) is 136 cm³/mol. The number of hydrogen-bond acceptors (Lipinski definition) is 6. The average Bonchev–Trinajstić information content (AvgIpc) is 3.22. The molecule has 1 aliphatic heterocycles. The highest BCUT2D eigenvalue weighted by Gasteiger charge is 2.27. The van der Waals surface area contributed by atoms with E-state index >= 15 is 0 Å². The molecule has 1 N–H and O–H groups in total. The van der Waals surface area contributed by atoms with Gasteiger partial charge in [-0.25, -0.2) is 4.79 Å². The number of esters is 1. The van der Waals surface area contributed by atoms with Crippen molar-refractivity contribution in [3.05, 3.63) is 88.3 Å². The summed E-state index contributed by atoms with van der Waals surface area (Å²) < 4.78 is 5.12. The fourth-order valence-electron chi connectivity index (χ4n) is 4.40. The number of anilines is 1. The van der Waals surface area contributed by atoms with E-state index < -0.39 is 5.97 Å². The summed E-state index contributed by atoms with van der Waals surface area (Å²) in [5.41, 5.74) is 2.98. The van der Waals surface area contributed by atoms with Crippen LogP contribution in [0.1, 0.15) is 39.3 Å². The standard InChI is InChI=1S/C27H31N3O3S/c1-3-33-27(32)23-18-20(2)34-26(23)28-24(31)19-29-14-16-30(17-15-29)25(21-10-6-4-7-11-21)22-12-8-5-9-13-22/h4-13,18,25H,3,14-17,19H2,1-2H3,(H,28,31). The lowest BCUT2D eigenvalue weighted by Gasteiger charge is -2.39. The van der Waals surface area contributed by atoms with Gasteiger partial charge in [0.1, 0.15) is 5.00 Å². The molecule has 34 heavy (non-hydrogen) atoms. The molecule has 0 spiro atoms. The van der Waals surface area contributed by atoms with Gasteiger partial charge in [-0.1, -0.05) is 60.7 Å². The van der Waals surface area contributed by atoms with Gasteiger partial charge in [-0.3, -0.25) is 14.6 Å². The van der Waals surface area contributed by atoms with E-state index in [0.29, 0.717) is 23.7 Å². The molecule has 3 aromatic rings. The maximum absolute atomic E-state index is 12.8. The lowest BCUT2D eigenvalue weighted by Crippen LogP contribution is -2.49. The number of piperazine rings is 1. The minimum Gasteiger partial charge on any atom is -0.462 e. The smallest absolute Gasteiger partial charge is 0.341 e. The van der Waals surface area contributed by atoms with Crippen molar-refractivity contribution >= 4 is 28.2 Å². The Morgan fingerprint density at radius 2 is 1.56 bits per heavy atom. The molecule has 4 rings (SSSR count). The number of carbonyl (C=O) groups excluding carboxylic acids is 2. The zero-order valence-corrected chi connectivity index (χ0v) is 20.5. The molecule has 0 unspecified atom stereocenters. The van der Waals surface area contributed by atoms with Crippen LogP contribution in [-0.4, -0.2) is 61.0 Å². The van der Waals surface area contributed by atoms with Gasteiger partial charge in [0, 0.05) is 31.1 Å². The van der Waals surface area contributed by atoms with Gasteiger partial charge in [-0.2, -0.15) is 0 Å². The second-order valence-corrected chi connectivity index (χ2v) is 9.66. The third kappa shape index (κ3) is 5.91. The fraction of sp³-hybridized carbons (Fsp3) is 0.333. The van der Waals surface area contributed by atoms with Crippen molar-refractivity contribution < 1.29 is 14.3 Å². The van der Waals surface area contributed by atoms with Gasteiger partial charge in [-0.05, 0) is 31.0 Å². The van der Waals surface area contributed by atoms with Crippen molar-refractivity contribution in [2.45, 2.75) is 19.9 Å². The van der Waals surface area contributed by atoms with Crippen LogP contribution in [0.5, 0.6) is 0 Å². The topological polar surface area (TPSA) is 61.9 Å². The normalized spacial score (nSPS) is 14.8. The molecule has 1 aromatic heterocycles. The Morgan fingerprint density at radius 3 is 2.12 bits per heavy atom. The van der Waals surface area contributed by atoms with Gasteiger partial charge in [0.25, 0.3) is 0 Å². The van der Waals surface area contributed by atoms with Gasteiger partial charge >= 0.3 is 5.97 Å². The molecule has 2 aromatic carbocycles. The summed E-state index contributed by atoms with van der Waals surface area (Å²) >= 11 is 1.40. The number of thiophene rings is 1. The maximum Gasteiger partial charge on any atom is 0.341 e. The number of aryl methyl sites for hydroxylation is 1. The summed E-state index contributed by atoms with van der Waals surface area (Å²) in [7, 11) is 0. The van der Waals surface area contributed by atoms with Crippen LogP contribution in [0, 0.1) is 6.92 Å². The molecular weight excluding hydrogens is 446 g/mol. The Balaban J connectivity index is 1.37. The van der Waals surface area contributed by atoms with Crippen LogP contribution in [0.25, 0.3) is 0 Å². The molecule has 2 heterocycles. The molecule has 0 saturated carbocycles. The van der Waals surface area contributed by atoms with Crippen molar-refractivity contribution in [3.8, 4) is 0 Å². The summed E-state index contributed by atoms with van der Waals surface area (Å²) in [5.74, 6) is -0.507. The monoisotopic (exact) mass is 477 g/mol. The number of amides is 1. The summed E-state index contributed by atoms with van der Waals surface area (Å²) in [5, 5.41) is 3.49. The van der Waals surface area contributed by atoms with Gasteiger partial charge < -0.3 is 10.1 Å². The highest BCUT2D eigenvalue weighted by Crippen LogP contribution is 2.30. The number of nitrogens with zero attached hydrogens (tertiary/aromatic N) is 2.